The van der Waals surface area contributed by atoms with Crippen molar-refractivity contribution < 1.29 is 9.59 Å². The number of aromatic amines is 1. The molecule has 3 N–H and O–H groups in total. The fraction of sp³-hybridized carbons (Fsp3) is 0.500. The van der Waals surface area contributed by atoms with Gasteiger partial charge in [0, 0.05) is 42.9 Å². The van der Waals surface area contributed by atoms with Gasteiger partial charge in [0.15, 0.2) is 0 Å². The number of amides is 2. The van der Waals surface area contributed by atoms with Crippen LogP contribution in [0.3, 0.4) is 0 Å². The molecule has 0 radical (unpaired) electrons. The topological polar surface area (TPSA) is 103 Å². The second kappa shape index (κ2) is 7.75. The predicted molar refractivity (Wildman–Crippen MR) is 94.2 cm³/mol. The third-order valence-electron chi connectivity index (χ3n) is 4.17. The molecule has 3 rings (SSSR count). The van der Waals surface area contributed by atoms with Gasteiger partial charge in [-0.3, -0.25) is 14.5 Å². The molecule has 2 aromatic heterocycles. The molecular weight excluding hydrogens is 340 g/mol. The van der Waals surface area contributed by atoms with Gasteiger partial charge in [-0.15, -0.1) is 11.3 Å². The number of rotatable bonds is 6. The molecule has 0 saturated carbocycles. The maximum Gasteiger partial charge on any atom is 0.271 e. The molecule has 1 saturated heterocycles. The van der Waals surface area contributed by atoms with Crippen molar-refractivity contribution in [2.45, 2.75) is 38.9 Å². The molecule has 1 aliphatic heterocycles. The largest absolute Gasteiger partial charge is 0.355 e. The summed E-state index contributed by atoms with van der Waals surface area (Å²) in [6, 6.07) is -0.365. The Morgan fingerprint density at radius 2 is 2.32 bits per heavy atom. The van der Waals surface area contributed by atoms with E-state index in [1.54, 1.807) is 17.9 Å². The first-order chi connectivity index (χ1) is 12.1. The van der Waals surface area contributed by atoms with Crippen LogP contribution in [0.4, 0.5) is 0 Å². The predicted octanol–water partition coefficient (Wildman–Crippen LogP) is 0.684. The third-order valence-corrected chi connectivity index (χ3v) is 4.95. The van der Waals surface area contributed by atoms with Gasteiger partial charge in [0.25, 0.3) is 5.91 Å². The molecule has 0 bridgehead atoms. The average Bonchev–Trinajstić information content (AvgIpc) is 3.30. The van der Waals surface area contributed by atoms with Gasteiger partial charge in [-0.25, -0.2) is 9.97 Å². The maximum absolute atomic E-state index is 12.4. The third kappa shape index (κ3) is 4.23. The molecule has 0 unspecified atom stereocenters. The minimum atomic E-state index is -0.272. The van der Waals surface area contributed by atoms with Gasteiger partial charge in [0.1, 0.15) is 5.69 Å². The fourth-order valence-electron chi connectivity index (χ4n) is 3.06. The average molecular weight is 362 g/mol. The number of thiazole rings is 1. The van der Waals surface area contributed by atoms with E-state index in [0.29, 0.717) is 31.7 Å². The van der Waals surface area contributed by atoms with Gasteiger partial charge < -0.3 is 15.6 Å². The zero-order valence-corrected chi connectivity index (χ0v) is 15.1. The van der Waals surface area contributed by atoms with E-state index in [-0.39, 0.29) is 23.9 Å². The zero-order chi connectivity index (χ0) is 17.8. The van der Waals surface area contributed by atoms with Crippen LogP contribution in [-0.2, 0) is 11.3 Å². The smallest absolute Gasteiger partial charge is 0.271 e. The minimum absolute atomic E-state index is 0.0109. The van der Waals surface area contributed by atoms with E-state index < -0.39 is 0 Å². The summed E-state index contributed by atoms with van der Waals surface area (Å²) in [4.78, 5) is 38.1. The summed E-state index contributed by atoms with van der Waals surface area (Å²) in [5, 5.41) is 8.49. The zero-order valence-electron chi connectivity index (χ0n) is 14.3. The highest BCUT2D eigenvalue weighted by Gasteiger charge is 2.37. The number of hydrogen-bond donors (Lipinski definition) is 3. The van der Waals surface area contributed by atoms with Crippen molar-refractivity contribution >= 4 is 23.2 Å². The maximum atomic E-state index is 12.4. The number of likely N-dealkylation sites (tertiary alicyclic amines) is 1. The first kappa shape index (κ1) is 17.6. The van der Waals surface area contributed by atoms with Crippen LogP contribution in [-0.4, -0.2) is 56.8 Å². The van der Waals surface area contributed by atoms with Gasteiger partial charge >= 0.3 is 0 Å². The van der Waals surface area contributed by atoms with E-state index in [1.807, 2.05) is 13.8 Å². The van der Waals surface area contributed by atoms with Crippen molar-refractivity contribution in [3.8, 4) is 0 Å². The quantitative estimate of drug-likeness (QED) is 0.701. The SMILES string of the molecule is CCNC(=O)[C@@H]1C[C@H](NC(=O)c2csc(C)n2)CN1Cc1cnc[nH]1. The molecule has 2 amide bonds. The van der Waals surface area contributed by atoms with E-state index >= 15 is 0 Å². The van der Waals surface area contributed by atoms with Crippen molar-refractivity contribution in [2.24, 2.45) is 0 Å². The molecule has 9 heteroatoms. The summed E-state index contributed by atoms with van der Waals surface area (Å²) < 4.78 is 0. The number of imidazole rings is 1. The highest BCUT2D eigenvalue weighted by Crippen LogP contribution is 2.21. The van der Waals surface area contributed by atoms with Gasteiger partial charge in [-0.05, 0) is 20.3 Å². The summed E-state index contributed by atoms with van der Waals surface area (Å²) in [5.41, 5.74) is 1.38. The highest BCUT2D eigenvalue weighted by atomic mass is 32.1. The van der Waals surface area contributed by atoms with Crippen molar-refractivity contribution in [3.63, 3.8) is 0 Å². The van der Waals surface area contributed by atoms with Gasteiger partial charge in [-0.2, -0.15) is 0 Å². The van der Waals surface area contributed by atoms with E-state index in [0.717, 1.165) is 10.7 Å². The van der Waals surface area contributed by atoms with Crippen LogP contribution < -0.4 is 10.6 Å². The Morgan fingerprint density at radius 1 is 1.48 bits per heavy atom. The molecule has 0 aliphatic carbocycles. The number of nitrogens with one attached hydrogen (secondary N) is 3. The van der Waals surface area contributed by atoms with Crippen molar-refractivity contribution in [2.75, 3.05) is 13.1 Å². The van der Waals surface area contributed by atoms with Crippen LogP contribution in [0.25, 0.3) is 0 Å². The lowest BCUT2D eigenvalue weighted by Crippen LogP contribution is -2.42. The van der Waals surface area contributed by atoms with Crippen LogP contribution in [0.2, 0.25) is 0 Å². The molecule has 2 atom stereocenters. The number of carbonyl (C=O) groups is 2. The number of aromatic nitrogens is 3. The van der Waals surface area contributed by atoms with Crippen LogP contribution in [0.5, 0.6) is 0 Å². The molecular formula is C16H22N6O2S. The van der Waals surface area contributed by atoms with Gasteiger partial charge in [0.05, 0.1) is 17.4 Å². The summed E-state index contributed by atoms with van der Waals surface area (Å²) in [6.45, 7) is 5.55. The molecule has 2 aromatic rings. The second-order valence-corrected chi connectivity index (χ2v) is 7.14. The number of hydrogen-bond acceptors (Lipinski definition) is 6. The molecule has 134 valence electrons. The number of H-pyrrole nitrogens is 1. The van der Waals surface area contributed by atoms with Crippen molar-refractivity contribution in [1.29, 1.82) is 0 Å². The Morgan fingerprint density at radius 3 is 2.96 bits per heavy atom. The summed E-state index contributed by atoms with van der Waals surface area (Å²) in [6.07, 6.45) is 3.95. The highest BCUT2D eigenvalue weighted by molar-refractivity contribution is 7.09. The number of likely N-dealkylation sites (N-methyl/N-ethyl adjacent to an activating group) is 1. The summed E-state index contributed by atoms with van der Waals surface area (Å²) in [7, 11) is 0. The Balaban J connectivity index is 1.67. The second-order valence-electron chi connectivity index (χ2n) is 6.07. The normalized spacial score (nSPS) is 20.6. The lowest BCUT2D eigenvalue weighted by molar-refractivity contribution is -0.125. The monoisotopic (exact) mass is 362 g/mol. The molecule has 3 heterocycles. The molecule has 25 heavy (non-hydrogen) atoms. The van der Waals surface area contributed by atoms with E-state index in [9.17, 15) is 9.59 Å². The van der Waals surface area contributed by atoms with E-state index in [2.05, 4.69) is 30.5 Å². The van der Waals surface area contributed by atoms with E-state index in [4.69, 9.17) is 0 Å². The Labute approximate surface area is 150 Å². The standard InChI is InChI=1S/C16H22N6O2S/c1-3-18-16(24)14-4-11(6-22(14)7-12-5-17-9-19-12)21-15(23)13-8-25-10(2)20-13/h5,8-9,11,14H,3-4,6-7H2,1-2H3,(H,17,19)(H,18,24)(H,21,23)/t11-,14-/m0/s1. The Kier molecular flexibility index (Phi) is 5.44. The number of aryl methyl sites for hydroxylation is 1. The fourth-order valence-corrected chi connectivity index (χ4v) is 3.66. The summed E-state index contributed by atoms with van der Waals surface area (Å²) >= 11 is 1.45. The lowest BCUT2D eigenvalue weighted by Gasteiger charge is -2.22. The Hall–Kier alpha value is -2.26. The lowest BCUT2D eigenvalue weighted by atomic mass is 10.1. The van der Waals surface area contributed by atoms with Gasteiger partial charge in [-0.1, -0.05) is 0 Å². The Bertz CT molecular complexity index is 729. The first-order valence-electron chi connectivity index (χ1n) is 8.28. The van der Waals surface area contributed by atoms with Crippen molar-refractivity contribution in [3.05, 3.63) is 34.3 Å². The van der Waals surface area contributed by atoms with E-state index in [1.165, 1.54) is 11.3 Å². The number of nitrogens with zero attached hydrogens (tertiary/aromatic N) is 3. The van der Waals surface area contributed by atoms with Crippen LogP contribution in [0.1, 0.15) is 34.5 Å². The molecule has 1 fully saturated rings. The first-order valence-corrected chi connectivity index (χ1v) is 9.16. The van der Waals surface area contributed by atoms with Crippen LogP contribution >= 0.6 is 11.3 Å². The number of carbonyl (C=O) groups excluding carboxylic acids is 2. The molecule has 0 spiro atoms. The van der Waals surface area contributed by atoms with Crippen LogP contribution in [0.15, 0.2) is 17.9 Å². The van der Waals surface area contributed by atoms with Crippen molar-refractivity contribution in [1.82, 2.24) is 30.5 Å². The summed E-state index contributed by atoms with van der Waals surface area (Å²) in [5.74, 6) is -0.198. The molecule has 1 aliphatic rings. The van der Waals surface area contributed by atoms with Gasteiger partial charge in [0.2, 0.25) is 5.91 Å². The van der Waals surface area contributed by atoms with Crippen LogP contribution in [0, 0.1) is 6.92 Å². The molecule has 8 nitrogen and oxygen atoms in total. The minimum Gasteiger partial charge on any atom is -0.355 e. The molecule has 0 aromatic carbocycles.